The van der Waals surface area contributed by atoms with Crippen LogP contribution in [0.15, 0.2) is 0 Å². The summed E-state index contributed by atoms with van der Waals surface area (Å²) in [4.78, 5) is 20.7. The molecule has 0 saturated carbocycles. The van der Waals surface area contributed by atoms with Crippen molar-refractivity contribution in [1.82, 2.24) is 9.88 Å². The zero-order chi connectivity index (χ0) is 17.6. The molecule has 138 valence electrons. The number of aryl methyl sites for hydroxylation is 2. The Labute approximate surface area is 152 Å². The molecular weight excluding hydrogens is 340 g/mol. The third kappa shape index (κ3) is 3.01. The Bertz CT molecular complexity index is 664. The van der Waals surface area contributed by atoms with E-state index in [-0.39, 0.29) is 23.8 Å². The number of piperidine rings is 1. The van der Waals surface area contributed by atoms with Gasteiger partial charge in [0.2, 0.25) is 5.91 Å². The second-order valence-electron chi connectivity index (χ2n) is 7.51. The van der Waals surface area contributed by atoms with Crippen LogP contribution in [-0.2, 0) is 20.7 Å². The molecular formula is C18H26N2O4S. The average molecular weight is 366 g/mol. The minimum Gasteiger partial charge on any atom is -0.389 e. The molecule has 1 amide bonds. The van der Waals surface area contributed by atoms with E-state index in [9.17, 15) is 9.90 Å². The van der Waals surface area contributed by atoms with E-state index in [0.717, 1.165) is 22.0 Å². The number of rotatable bonds is 2. The van der Waals surface area contributed by atoms with Gasteiger partial charge in [0, 0.05) is 48.9 Å². The number of aliphatic hydroxyl groups is 1. The van der Waals surface area contributed by atoms with E-state index in [0.29, 0.717) is 45.8 Å². The molecule has 6 nitrogen and oxygen atoms in total. The standard InChI is InChI=1S/C18H26N2O4S/c1-11-15(19-12(2)25-11)7-17(21)20-8-13-9-24-6-4-18(13,22)14-10-23-5-3-16(14)20/h13-14,16,22H,3-10H2,1-2H3/t13-,14+,16-,18-/m0/s1. The number of carbonyl (C=O) groups is 1. The van der Waals surface area contributed by atoms with Gasteiger partial charge in [0.25, 0.3) is 0 Å². The molecule has 0 unspecified atom stereocenters. The summed E-state index contributed by atoms with van der Waals surface area (Å²) in [5, 5.41) is 12.3. The van der Waals surface area contributed by atoms with Gasteiger partial charge < -0.3 is 19.5 Å². The number of aromatic nitrogens is 1. The van der Waals surface area contributed by atoms with E-state index in [2.05, 4.69) is 4.98 Å². The van der Waals surface area contributed by atoms with Crippen LogP contribution in [0.3, 0.4) is 0 Å². The quantitative estimate of drug-likeness (QED) is 0.855. The highest BCUT2D eigenvalue weighted by molar-refractivity contribution is 7.11. The minimum absolute atomic E-state index is 0.0221. The van der Waals surface area contributed by atoms with E-state index < -0.39 is 5.60 Å². The molecule has 0 aliphatic carbocycles. The lowest BCUT2D eigenvalue weighted by Crippen LogP contribution is -2.69. The molecule has 0 radical (unpaired) electrons. The van der Waals surface area contributed by atoms with Gasteiger partial charge in [-0.15, -0.1) is 11.3 Å². The summed E-state index contributed by atoms with van der Waals surface area (Å²) in [7, 11) is 0. The van der Waals surface area contributed by atoms with Crippen molar-refractivity contribution >= 4 is 17.2 Å². The number of likely N-dealkylation sites (tertiary alicyclic amines) is 1. The normalized spacial score (nSPS) is 35.2. The molecule has 7 heteroatoms. The maximum absolute atomic E-state index is 13.1. The first kappa shape index (κ1) is 17.4. The third-order valence-electron chi connectivity index (χ3n) is 6.09. The lowest BCUT2D eigenvalue weighted by atomic mass is 9.66. The molecule has 25 heavy (non-hydrogen) atoms. The summed E-state index contributed by atoms with van der Waals surface area (Å²) in [6.07, 6.45) is 1.77. The summed E-state index contributed by atoms with van der Waals surface area (Å²) in [6, 6.07) is 0.0561. The first-order valence-electron chi connectivity index (χ1n) is 9.09. The van der Waals surface area contributed by atoms with Crippen LogP contribution in [0.1, 0.15) is 28.4 Å². The maximum Gasteiger partial charge on any atom is 0.228 e. The molecule has 0 spiro atoms. The largest absolute Gasteiger partial charge is 0.389 e. The van der Waals surface area contributed by atoms with Gasteiger partial charge in [0.15, 0.2) is 0 Å². The van der Waals surface area contributed by atoms with Crippen molar-refractivity contribution in [3.63, 3.8) is 0 Å². The third-order valence-corrected chi connectivity index (χ3v) is 7.02. The van der Waals surface area contributed by atoms with Crippen molar-refractivity contribution in [3.05, 3.63) is 15.6 Å². The van der Waals surface area contributed by atoms with Crippen LogP contribution < -0.4 is 0 Å². The molecule has 3 aliphatic rings. The Morgan fingerprint density at radius 3 is 2.92 bits per heavy atom. The number of nitrogens with zero attached hydrogens (tertiary/aromatic N) is 2. The average Bonchev–Trinajstić information content (AvgIpc) is 2.91. The maximum atomic E-state index is 13.1. The molecule has 3 saturated heterocycles. The Kier molecular flexibility index (Phi) is 4.60. The van der Waals surface area contributed by atoms with Crippen LogP contribution in [0.5, 0.6) is 0 Å². The second kappa shape index (κ2) is 6.61. The molecule has 1 aromatic heterocycles. The van der Waals surface area contributed by atoms with Crippen LogP contribution in [0.4, 0.5) is 0 Å². The summed E-state index contributed by atoms with van der Waals surface area (Å²) < 4.78 is 11.3. The first-order valence-corrected chi connectivity index (χ1v) is 9.91. The highest BCUT2D eigenvalue weighted by Crippen LogP contribution is 2.44. The van der Waals surface area contributed by atoms with E-state index in [1.807, 2.05) is 18.7 Å². The summed E-state index contributed by atoms with van der Waals surface area (Å²) >= 11 is 1.64. The number of thiazole rings is 1. The molecule has 3 fully saturated rings. The molecule has 4 rings (SSSR count). The topological polar surface area (TPSA) is 71.9 Å². The fraction of sp³-hybridized carbons (Fsp3) is 0.778. The predicted molar refractivity (Wildman–Crippen MR) is 93.6 cm³/mol. The summed E-state index contributed by atoms with van der Waals surface area (Å²) in [5.74, 6) is 0.0513. The fourth-order valence-electron chi connectivity index (χ4n) is 4.73. The van der Waals surface area contributed by atoms with Crippen molar-refractivity contribution in [2.24, 2.45) is 11.8 Å². The number of carbonyl (C=O) groups excluding carboxylic acids is 1. The van der Waals surface area contributed by atoms with Gasteiger partial charge in [-0.25, -0.2) is 4.98 Å². The highest BCUT2D eigenvalue weighted by Gasteiger charge is 2.56. The van der Waals surface area contributed by atoms with Crippen molar-refractivity contribution in [2.45, 2.75) is 44.8 Å². The van der Waals surface area contributed by atoms with Crippen molar-refractivity contribution in [3.8, 4) is 0 Å². The van der Waals surface area contributed by atoms with Crippen molar-refractivity contribution in [2.75, 3.05) is 33.0 Å². The van der Waals surface area contributed by atoms with E-state index in [4.69, 9.17) is 9.47 Å². The molecule has 1 N–H and O–H groups in total. The Hall–Kier alpha value is -1.02. The minimum atomic E-state index is -0.771. The Morgan fingerprint density at radius 1 is 1.36 bits per heavy atom. The molecule has 0 bridgehead atoms. The smallest absolute Gasteiger partial charge is 0.228 e. The highest BCUT2D eigenvalue weighted by atomic mass is 32.1. The SMILES string of the molecule is Cc1nc(CC(=O)N2C[C@H]3COCC[C@@]3(O)[C@@H]3COCC[C@@H]32)c(C)s1. The summed E-state index contributed by atoms with van der Waals surface area (Å²) in [6.45, 7) is 6.83. The molecule has 0 aromatic carbocycles. The lowest BCUT2D eigenvalue weighted by Gasteiger charge is -2.57. The van der Waals surface area contributed by atoms with E-state index in [1.54, 1.807) is 11.3 Å². The number of hydrogen-bond donors (Lipinski definition) is 1. The van der Waals surface area contributed by atoms with Gasteiger partial charge in [-0.05, 0) is 20.3 Å². The zero-order valence-corrected chi connectivity index (χ0v) is 15.7. The van der Waals surface area contributed by atoms with Gasteiger partial charge in [-0.1, -0.05) is 0 Å². The number of ether oxygens (including phenoxy) is 2. The van der Waals surface area contributed by atoms with Crippen LogP contribution in [0.25, 0.3) is 0 Å². The Morgan fingerprint density at radius 2 is 2.16 bits per heavy atom. The van der Waals surface area contributed by atoms with Crippen molar-refractivity contribution < 1.29 is 19.4 Å². The predicted octanol–water partition coefficient (Wildman–Crippen LogP) is 1.32. The monoisotopic (exact) mass is 366 g/mol. The van der Waals surface area contributed by atoms with Crippen LogP contribution in [-0.4, -0.2) is 65.5 Å². The van der Waals surface area contributed by atoms with Crippen LogP contribution >= 0.6 is 11.3 Å². The van der Waals surface area contributed by atoms with E-state index in [1.165, 1.54) is 0 Å². The number of hydrogen-bond acceptors (Lipinski definition) is 6. The summed E-state index contributed by atoms with van der Waals surface area (Å²) in [5.41, 5.74) is 0.115. The van der Waals surface area contributed by atoms with Gasteiger partial charge >= 0.3 is 0 Å². The molecule has 4 heterocycles. The van der Waals surface area contributed by atoms with Crippen molar-refractivity contribution in [1.29, 1.82) is 0 Å². The van der Waals surface area contributed by atoms with Gasteiger partial charge in [-0.2, -0.15) is 0 Å². The lowest BCUT2D eigenvalue weighted by molar-refractivity contribution is -0.219. The molecule has 3 aliphatic heterocycles. The van der Waals surface area contributed by atoms with Gasteiger partial charge in [0.05, 0.1) is 35.9 Å². The van der Waals surface area contributed by atoms with Crippen LogP contribution in [0, 0.1) is 25.7 Å². The Balaban J connectivity index is 1.58. The number of fused-ring (bicyclic) bond motifs is 3. The molecule has 1 aromatic rings. The molecule has 4 atom stereocenters. The second-order valence-corrected chi connectivity index (χ2v) is 8.92. The van der Waals surface area contributed by atoms with Gasteiger partial charge in [0.1, 0.15) is 0 Å². The van der Waals surface area contributed by atoms with Gasteiger partial charge in [-0.3, -0.25) is 4.79 Å². The zero-order valence-electron chi connectivity index (χ0n) is 14.9. The first-order chi connectivity index (χ1) is 12.0. The van der Waals surface area contributed by atoms with E-state index >= 15 is 0 Å². The number of amides is 1. The van der Waals surface area contributed by atoms with Crippen LogP contribution in [0.2, 0.25) is 0 Å². The fourth-order valence-corrected chi connectivity index (χ4v) is 5.56.